The predicted octanol–water partition coefficient (Wildman–Crippen LogP) is 2.21. The number of halogens is 3. The molecule has 88 valence electrons. The molecular weight excluding hydrogens is 221 g/mol. The van der Waals surface area contributed by atoms with Gasteiger partial charge in [-0.05, 0) is 17.7 Å². The van der Waals surface area contributed by atoms with Crippen LogP contribution < -0.4 is 11.1 Å². The zero-order valence-corrected chi connectivity index (χ0v) is 8.51. The van der Waals surface area contributed by atoms with Crippen LogP contribution in [0.5, 0.6) is 0 Å². The molecule has 3 N–H and O–H groups in total. The van der Waals surface area contributed by atoms with Gasteiger partial charge in [-0.2, -0.15) is 13.2 Å². The van der Waals surface area contributed by atoms with Crippen LogP contribution in [0.3, 0.4) is 0 Å². The number of carbonyl (C=O) groups excluding carboxylic acids is 1. The number of anilines is 1. The molecule has 0 aliphatic rings. The lowest BCUT2D eigenvalue weighted by Gasteiger charge is -2.16. The number of nitrogens with two attached hydrogens (primary N) is 1. The van der Waals surface area contributed by atoms with Crippen LogP contribution in [-0.2, 0) is 4.79 Å². The SMILES string of the molecule is CC(=O)Nc1ccc([C@H](N)C(F)(F)F)cc1. The highest BCUT2D eigenvalue weighted by molar-refractivity contribution is 5.88. The molecule has 1 amide bonds. The number of alkyl halides is 3. The molecule has 0 spiro atoms. The summed E-state index contributed by atoms with van der Waals surface area (Å²) in [4.78, 5) is 10.7. The summed E-state index contributed by atoms with van der Waals surface area (Å²) in [6.07, 6.45) is -4.46. The first kappa shape index (κ1) is 12.5. The lowest BCUT2D eigenvalue weighted by atomic mass is 10.1. The summed E-state index contributed by atoms with van der Waals surface area (Å²) in [6, 6.07) is 3.23. The van der Waals surface area contributed by atoms with Crippen molar-refractivity contribution in [2.75, 3.05) is 5.32 Å². The third kappa shape index (κ3) is 3.23. The summed E-state index contributed by atoms with van der Waals surface area (Å²) >= 11 is 0. The summed E-state index contributed by atoms with van der Waals surface area (Å²) in [5.41, 5.74) is 5.41. The van der Waals surface area contributed by atoms with Crippen LogP contribution in [0.2, 0.25) is 0 Å². The number of rotatable bonds is 2. The van der Waals surface area contributed by atoms with Crippen molar-refractivity contribution in [3.05, 3.63) is 29.8 Å². The van der Waals surface area contributed by atoms with Crippen molar-refractivity contribution in [1.29, 1.82) is 0 Å². The second kappa shape index (κ2) is 4.52. The average molecular weight is 232 g/mol. The van der Waals surface area contributed by atoms with E-state index < -0.39 is 12.2 Å². The molecule has 0 heterocycles. The Bertz CT molecular complexity index is 373. The largest absolute Gasteiger partial charge is 0.407 e. The van der Waals surface area contributed by atoms with E-state index in [4.69, 9.17) is 5.73 Å². The van der Waals surface area contributed by atoms with Crippen LogP contribution in [0.1, 0.15) is 18.5 Å². The number of carbonyl (C=O) groups is 1. The number of amides is 1. The Hall–Kier alpha value is -1.56. The quantitative estimate of drug-likeness (QED) is 0.821. The van der Waals surface area contributed by atoms with Crippen molar-refractivity contribution < 1.29 is 18.0 Å². The molecule has 3 nitrogen and oxygen atoms in total. The molecule has 0 aromatic heterocycles. The van der Waals surface area contributed by atoms with E-state index in [-0.39, 0.29) is 11.5 Å². The topological polar surface area (TPSA) is 55.1 Å². The fourth-order valence-electron chi connectivity index (χ4n) is 1.17. The van der Waals surface area contributed by atoms with Crippen LogP contribution in [0.25, 0.3) is 0 Å². The minimum absolute atomic E-state index is 0.0402. The van der Waals surface area contributed by atoms with E-state index in [1.165, 1.54) is 31.2 Å². The van der Waals surface area contributed by atoms with E-state index in [0.29, 0.717) is 5.69 Å². The first-order chi connectivity index (χ1) is 7.30. The van der Waals surface area contributed by atoms with Gasteiger partial charge in [-0.1, -0.05) is 12.1 Å². The van der Waals surface area contributed by atoms with Crippen molar-refractivity contribution in [3.8, 4) is 0 Å². The molecule has 1 atom stereocenters. The lowest BCUT2D eigenvalue weighted by molar-refractivity contribution is -0.149. The zero-order chi connectivity index (χ0) is 12.3. The molecule has 0 aliphatic heterocycles. The van der Waals surface area contributed by atoms with Crippen LogP contribution in [0, 0.1) is 0 Å². The Balaban J connectivity index is 2.83. The number of nitrogens with one attached hydrogen (secondary N) is 1. The molecule has 0 bridgehead atoms. The lowest BCUT2D eigenvalue weighted by Crippen LogP contribution is -2.28. The molecule has 0 radical (unpaired) electrons. The Kier molecular flexibility index (Phi) is 3.54. The normalized spacial score (nSPS) is 13.3. The summed E-state index contributed by atoms with van der Waals surface area (Å²) in [6.45, 7) is 1.31. The van der Waals surface area contributed by atoms with Crippen LogP contribution in [0.15, 0.2) is 24.3 Å². The highest BCUT2D eigenvalue weighted by Crippen LogP contribution is 2.30. The van der Waals surface area contributed by atoms with E-state index in [1.54, 1.807) is 0 Å². The highest BCUT2D eigenvalue weighted by atomic mass is 19.4. The van der Waals surface area contributed by atoms with Crippen molar-refractivity contribution >= 4 is 11.6 Å². The fraction of sp³-hybridized carbons (Fsp3) is 0.300. The van der Waals surface area contributed by atoms with Gasteiger partial charge in [0.05, 0.1) is 0 Å². The number of hydrogen-bond acceptors (Lipinski definition) is 2. The summed E-state index contributed by atoms with van der Waals surface area (Å²) < 4.78 is 36.8. The predicted molar refractivity (Wildman–Crippen MR) is 53.7 cm³/mol. The van der Waals surface area contributed by atoms with E-state index in [0.717, 1.165) is 0 Å². The van der Waals surface area contributed by atoms with Crippen molar-refractivity contribution in [2.45, 2.75) is 19.1 Å². The third-order valence-electron chi connectivity index (χ3n) is 1.94. The minimum atomic E-state index is -4.46. The van der Waals surface area contributed by atoms with Crippen LogP contribution in [0.4, 0.5) is 18.9 Å². The van der Waals surface area contributed by atoms with Gasteiger partial charge in [-0.3, -0.25) is 4.79 Å². The summed E-state index contributed by atoms with van der Waals surface area (Å²) in [5.74, 6) is -0.284. The molecule has 0 saturated heterocycles. The number of hydrogen-bond donors (Lipinski definition) is 2. The highest BCUT2D eigenvalue weighted by Gasteiger charge is 2.37. The second-order valence-corrected chi connectivity index (χ2v) is 3.32. The third-order valence-corrected chi connectivity index (χ3v) is 1.94. The van der Waals surface area contributed by atoms with Gasteiger partial charge in [0.1, 0.15) is 6.04 Å². The molecule has 6 heteroatoms. The molecule has 0 fully saturated rings. The van der Waals surface area contributed by atoms with E-state index in [1.807, 2.05) is 0 Å². The Morgan fingerprint density at radius 3 is 2.19 bits per heavy atom. The van der Waals surface area contributed by atoms with Gasteiger partial charge >= 0.3 is 6.18 Å². The van der Waals surface area contributed by atoms with Gasteiger partial charge in [0.2, 0.25) is 5.91 Å². The van der Waals surface area contributed by atoms with Crippen molar-refractivity contribution in [3.63, 3.8) is 0 Å². The molecular formula is C10H11F3N2O. The number of benzene rings is 1. The first-order valence-electron chi connectivity index (χ1n) is 4.50. The molecule has 0 aliphatic carbocycles. The fourth-order valence-corrected chi connectivity index (χ4v) is 1.17. The van der Waals surface area contributed by atoms with Gasteiger partial charge in [-0.25, -0.2) is 0 Å². The maximum absolute atomic E-state index is 12.3. The van der Waals surface area contributed by atoms with Gasteiger partial charge < -0.3 is 11.1 Å². The van der Waals surface area contributed by atoms with Crippen molar-refractivity contribution in [2.24, 2.45) is 5.73 Å². The average Bonchev–Trinajstić information content (AvgIpc) is 2.15. The van der Waals surface area contributed by atoms with Gasteiger partial charge in [0, 0.05) is 12.6 Å². The summed E-state index contributed by atoms with van der Waals surface area (Å²) in [5, 5.41) is 2.45. The zero-order valence-electron chi connectivity index (χ0n) is 8.51. The van der Waals surface area contributed by atoms with Crippen molar-refractivity contribution in [1.82, 2.24) is 0 Å². The molecule has 16 heavy (non-hydrogen) atoms. The maximum atomic E-state index is 12.3. The van der Waals surface area contributed by atoms with Gasteiger partial charge in [0.25, 0.3) is 0 Å². The van der Waals surface area contributed by atoms with Crippen LogP contribution >= 0.6 is 0 Å². The van der Waals surface area contributed by atoms with E-state index in [2.05, 4.69) is 5.32 Å². The van der Waals surface area contributed by atoms with Gasteiger partial charge in [-0.15, -0.1) is 0 Å². The Labute approximate surface area is 90.4 Å². The minimum Gasteiger partial charge on any atom is -0.326 e. The standard InChI is InChI=1S/C10H11F3N2O/c1-6(16)15-8-4-2-7(3-5-8)9(14)10(11,12)13/h2-5,9H,14H2,1H3,(H,15,16)/t9-/m0/s1. The maximum Gasteiger partial charge on any atom is 0.407 e. The monoisotopic (exact) mass is 232 g/mol. The van der Waals surface area contributed by atoms with Crippen LogP contribution in [-0.4, -0.2) is 12.1 Å². The smallest absolute Gasteiger partial charge is 0.326 e. The first-order valence-corrected chi connectivity index (χ1v) is 4.50. The Morgan fingerprint density at radius 1 is 1.31 bits per heavy atom. The molecule has 0 unspecified atom stereocenters. The van der Waals surface area contributed by atoms with Gasteiger partial charge in [0.15, 0.2) is 0 Å². The van der Waals surface area contributed by atoms with E-state index in [9.17, 15) is 18.0 Å². The molecule has 1 rings (SSSR count). The Morgan fingerprint density at radius 2 is 1.81 bits per heavy atom. The molecule has 1 aromatic rings. The molecule has 0 saturated carbocycles. The molecule has 1 aromatic carbocycles. The second-order valence-electron chi connectivity index (χ2n) is 3.32. The van der Waals surface area contributed by atoms with E-state index >= 15 is 0 Å². The summed E-state index contributed by atoms with van der Waals surface area (Å²) in [7, 11) is 0.